The number of alkyl halides is 6. The van der Waals surface area contributed by atoms with Crippen molar-refractivity contribution < 1.29 is 35.8 Å². The summed E-state index contributed by atoms with van der Waals surface area (Å²) in [5.74, 6) is 0.846. The number of halogens is 6. The van der Waals surface area contributed by atoms with E-state index in [9.17, 15) is 0 Å². The van der Waals surface area contributed by atoms with E-state index in [0.717, 1.165) is 104 Å². The van der Waals surface area contributed by atoms with Gasteiger partial charge in [0, 0.05) is 32.9 Å². The van der Waals surface area contributed by atoms with Gasteiger partial charge >= 0.3 is 12.4 Å². The zero-order chi connectivity index (χ0) is 41.9. The van der Waals surface area contributed by atoms with Gasteiger partial charge in [-0.25, -0.2) is 0 Å². The molecule has 8 aromatic carbocycles. The minimum absolute atomic E-state index is 0.0690. The third-order valence-electron chi connectivity index (χ3n) is 11.2. The topological polar surface area (TPSA) is 28.3 Å². The Kier molecular flexibility index (Phi) is 8.90. The average molecular weight is 819 g/mol. The SMILES string of the molecule is FC(F)(F)C(c1ccc(Oc2ccc(-n3c4ccccc4c4ccccc43)cc2)cc1)(c1ccc(Oc2ccc(-n3c4ccccc4c4ccccc43)cc2)cc1)C(F)(F)F. The van der Waals surface area contributed by atoms with Crippen LogP contribution in [0.2, 0.25) is 0 Å². The van der Waals surface area contributed by atoms with Gasteiger partial charge in [-0.15, -0.1) is 0 Å². The largest absolute Gasteiger partial charge is 0.457 e. The molecule has 0 unspecified atom stereocenters. The number of ether oxygens (including phenoxy) is 2. The number of aromatic nitrogens is 2. The zero-order valence-electron chi connectivity index (χ0n) is 32.0. The number of nitrogens with zero attached hydrogens (tertiary/aromatic N) is 2. The van der Waals surface area contributed by atoms with Crippen molar-refractivity contribution in [2.24, 2.45) is 0 Å². The van der Waals surface area contributed by atoms with Crippen molar-refractivity contribution in [3.8, 4) is 34.4 Å². The lowest BCUT2D eigenvalue weighted by molar-refractivity contribution is -0.288. The van der Waals surface area contributed by atoms with Crippen LogP contribution < -0.4 is 9.47 Å². The molecular weight excluding hydrogens is 787 g/mol. The number of hydrogen-bond donors (Lipinski definition) is 0. The predicted octanol–water partition coefficient (Wildman–Crippen LogP) is 14.9. The molecule has 0 N–H and O–H groups in total. The van der Waals surface area contributed by atoms with Gasteiger partial charge < -0.3 is 18.6 Å². The Morgan fingerprint density at radius 1 is 0.295 bits per heavy atom. The predicted molar refractivity (Wildman–Crippen MR) is 227 cm³/mol. The van der Waals surface area contributed by atoms with E-state index in [4.69, 9.17) is 9.47 Å². The highest BCUT2D eigenvalue weighted by Crippen LogP contribution is 2.56. The van der Waals surface area contributed by atoms with Gasteiger partial charge in [-0.1, -0.05) is 97.1 Å². The van der Waals surface area contributed by atoms with Gasteiger partial charge in [-0.2, -0.15) is 26.3 Å². The molecule has 0 atom stereocenters. The molecular formula is C51H32F6N2O2. The van der Waals surface area contributed by atoms with Gasteiger partial charge in [0.15, 0.2) is 0 Å². The molecule has 0 amide bonds. The summed E-state index contributed by atoms with van der Waals surface area (Å²) in [6.07, 6.45) is -11.5. The van der Waals surface area contributed by atoms with Gasteiger partial charge in [-0.3, -0.25) is 0 Å². The second-order valence-electron chi connectivity index (χ2n) is 14.7. The third kappa shape index (κ3) is 6.25. The first-order valence-corrected chi connectivity index (χ1v) is 19.4. The van der Waals surface area contributed by atoms with E-state index in [0.29, 0.717) is 11.5 Å². The van der Waals surface area contributed by atoms with Crippen molar-refractivity contribution in [3.05, 3.63) is 205 Å². The van der Waals surface area contributed by atoms with Crippen LogP contribution in [-0.4, -0.2) is 21.5 Å². The molecule has 10 heteroatoms. The lowest BCUT2D eigenvalue weighted by Crippen LogP contribution is -2.54. The van der Waals surface area contributed by atoms with E-state index < -0.39 is 28.9 Å². The van der Waals surface area contributed by atoms with Crippen LogP contribution in [-0.2, 0) is 5.41 Å². The van der Waals surface area contributed by atoms with Gasteiger partial charge in [0.05, 0.1) is 22.1 Å². The van der Waals surface area contributed by atoms with Crippen molar-refractivity contribution in [3.63, 3.8) is 0 Å². The van der Waals surface area contributed by atoms with Gasteiger partial charge in [0.25, 0.3) is 0 Å². The maximum atomic E-state index is 15.0. The van der Waals surface area contributed by atoms with E-state index in [1.807, 2.05) is 97.1 Å². The summed E-state index contributed by atoms with van der Waals surface area (Å²) in [6.45, 7) is 0. The fraction of sp³-hybridized carbons (Fsp3) is 0.0588. The number of rotatable bonds is 8. The minimum atomic E-state index is -5.76. The van der Waals surface area contributed by atoms with Crippen molar-refractivity contribution in [2.75, 3.05) is 0 Å². The summed E-state index contributed by atoms with van der Waals surface area (Å²) in [6, 6.07) is 54.0. The first-order chi connectivity index (χ1) is 29.5. The van der Waals surface area contributed by atoms with Crippen LogP contribution in [0.25, 0.3) is 55.0 Å². The third-order valence-corrected chi connectivity index (χ3v) is 11.2. The highest BCUT2D eigenvalue weighted by atomic mass is 19.4. The monoisotopic (exact) mass is 818 g/mol. The summed E-state index contributed by atoms with van der Waals surface area (Å²) in [7, 11) is 0. The average Bonchev–Trinajstić information content (AvgIpc) is 3.78. The molecule has 2 heterocycles. The summed E-state index contributed by atoms with van der Waals surface area (Å²) >= 11 is 0. The molecule has 4 nitrogen and oxygen atoms in total. The minimum Gasteiger partial charge on any atom is -0.457 e. The molecule has 2 aromatic heterocycles. The molecule has 0 bridgehead atoms. The fourth-order valence-electron chi connectivity index (χ4n) is 8.53. The van der Waals surface area contributed by atoms with Crippen LogP contribution >= 0.6 is 0 Å². The van der Waals surface area contributed by atoms with Gasteiger partial charge in [0.1, 0.15) is 23.0 Å². The Balaban J connectivity index is 0.904. The zero-order valence-corrected chi connectivity index (χ0v) is 32.0. The number of fused-ring (bicyclic) bond motifs is 6. The van der Waals surface area contributed by atoms with E-state index in [2.05, 4.69) is 33.4 Å². The molecule has 61 heavy (non-hydrogen) atoms. The first-order valence-electron chi connectivity index (χ1n) is 19.4. The molecule has 0 aliphatic heterocycles. The Morgan fingerprint density at radius 3 is 0.803 bits per heavy atom. The standard InChI is InChI=1S/C51H32F6N2O2/c52-50(53,54)49(51(55,56)57,33-17-25-37(26-18-33)60-39-29-21-35(22-30-39)58-45-13-5-1-9-41(45)42-10-2-6-14-46(42)58)34-19-27-38(28-20-34)61-40-31-23-36(24-32-40)59-47-15-7-3-11-43(47)44-12-4-8-16-48(44)59/h1-32H. The normalized spacial score (nSPS) is 12.4. The molecule has 0 aliphatic carbocycles. The Bertz CT molecular complexity index is 2880. The van der Waals surface area contributed by atoms with Crippen molar-refractivity contribution >= 4 is 43.6 Å². The van der Waals surface area contributed by atoms with Gasteiger partial charge in [0.2, 0.25) is 5.41 Å². The van der Waals surface area contributed by atoms with E-state index in [-0.39, 0.29) is 11.5 Å². The quantitative estimate of drug-likeness (QED) is 0.143. The molecule has 0 spiro atoms. The maximum absolute atomic E-state index is 15.0. The molecule has 0 radical (unpaired) electrons. The summed E-state index contributed by atoms with van der Waals surface area (Å²) in [4.78, 5) is 0. The molecule has 0 aliphatic rings. The molecule has 0 saturated heterocycles. The van der Waals surface area contributed by atoms with E-state index in [1.54, 1.807) is 24.3 Å². The highest BCUT2D eigenvalue weighted by Gasteiger charge is 2.72. The van der Waals surface area contributed by atoms with E-state index in [1.165, 1.54) is 0 Å². The Hall–Kier alpha value is -7.46. The molecule has 0 saturated carbocycles. The number of benzene rings is 8. The van der Waals surface area contributed by atoms with Crippen LogP contribution in [0.1, 0.15) is 11.1 Å². The van der Waals surface area contributed by atoms with Gasteiger partial charge in [-0.05, 0) is 108 Å². The summed E-state index contributed by atoms with van der Waals surface area (Å²) < 4.78 is 106. The van der Waals surface area contributed by atoms with Crippen LogP contribution in [0, 0.1) is 0 Å². The maximum Gasteiger partial charge on any atom is 0.411 e. The molecule has 10 aromatic rings. The Morgan fingerprint density at radius 2 is 0.541 bits per heavy atom. The fourth-order valence-corrected chi connectivity index (χ4v) is 8.53. The van der Waals surface area contributed by atoms with Crippen molar-refractivity contribution in [1.82, 2.24) is 9.13 Å². The van der Waals surface area contributed by atoms with Crippen LogP contribution in [0.4, 0.5) is 26.3 Å². The van der Waals surface area contributed by atoms with Crippen molar-refractivity contribution in [1.29, 1.82) is 0 Å². The summed E-state index contributed by atoms with van der Waals surface area (Å²) in [5, 5.41) is 4.37. The second kappa shape index (κ2) is 14.4. The smallest absolute Gasteiger partial charge is 0.411 e. The lowest BCUT2D eigenvalue weighted by Gasteiger charge is -2.38. The van der Waals surface area contributed by atoms with Crippen LogP contribution in [0.3, 0.4) is 0 Å². The number of para-hydroxylation sites is 4. The highest BCUT2D eigenvalue weighted by molar-refractivity contribution is 6.10. The second-order valence-corrected chi connectivity index (χ2v) is 14.7. The van der Waals surface area contributed by atoms with Crippen molar-refractivity contribution in [2.45, 2.75) is 17.8 Å². The van der Waals surface area contributed by atoms with Crippen LogP contribution in [0.15, 0.2) is 194 Å². The van der Waals surface area contributed by atoms with Crippen LogP contribution in [0.5, 0.6) is 23.0 Å². The Labute approximate surface area is 345 Å². The lowest BCUT2D eigenvalue weighted by atomic mass is 9.73. The number of hydrogen-bond acceptors (Lipinski definition) is 2. The van der Waals surface area contributed by atoms with E-state index >= 15 is 26.3 Å². The summed E-state index contributed by atoms with van der Waals surface area (Å²) in [5.41, 5.74) is -0.611. The molecule has 300 valence electrons. The molecule has 10 rings (SSSR count). The first kappa shape index (κ1) is 37.8. The molecule has 0 fully saturated rings.